The SMILES string of the molecule is CC[C@H](C)C(NC(=O)OC)C(=O)N1C[C@@H](C)CC1c1ncc(-c2ccc3c(c2)COc2cc4c(ccc5[nH]c([C@@H]6CC(COC)CN6C(=O)[C@H](NC(=O)OC)c6ccccc6)nc54)cc2-3)[nH]1. The van der Waals surface area contributed by atoms with Crippen molar-refractivity contribution in [3.63, 3.8) is 0 Å². The van der Waals surface area contributed by atoms with Crippen molar-refractivity contribution in [2.24, 2.45) is 17.8 Å². The normalized spacial score (nSPS) is 20.3. The summed E-state index contributed by atoms with van der Waals surface area (Å²) in [4.78, 5) is 73.8. The minimum absolute atomic E-state index is 0.0579. The number of likely N-dealkylation sites (tertiary alicyclic amines) is 2. The molecular formula is C50H56N8O8. The number of rotatable bonds is 12. The number of alkyl carbamates (subject to hydrolysis) is 2. The van der Waals surface area contributed by atoms with Crippen LogP contribution in [0.4, 0.5) is 9.59 Å². The quantitative estimate of drug-likeness (QED) is 0.0936. The summed E-state index contributed by atoms with van der Waals surface area (Å²) in [5.74, 6) is 1.94. The summed E-state index contributed by atoms with van der Waals surface area (Å²) < 4.78 is 21.8. The molecule has 66 heavy (non-hydrogen) atoms. The van der Waals surface area contributed by atoms with Crippen molar-refractivity contribution in [3.8, 4) is 28.1 Å². The summed E-state index contributed by atoms with van der Waals surface area (Å²) in [5.41, 5.74) is 7.10. The number of hydrogen-bond acceptors (Lipinski definition) is 10. The van der Waals surface area contributed by atoms with E-state index in [2.05, 4.69) is 63.9 Å². The zero-order valence-electron chi connectivity index (χ0n) is 38.1. The lowest BCUT2D eigenvalue weighted by Crippen LogP contribution is -2.51. The third-order valence-corrected chi connectivity index (χ3v) is 13.5. The third-order valence-electron chi connectivity index (χ3n) is 13.5. The Morgan fingerprint density at radius 1 is 0.848 bits per heavy atom. The number of carbonyl (C=O) groups excluding carboxylic acids is 4. The predicted molar refractivity (Wildman–Crippen MR) is 247 cm³/mol. The number of nitrogens with zero attached hydrogens (tertiary/aromatic N) is 4. The van der Waals surface area contributed by atoms with Crippen LogP contribution in [0.5, 0.6) is 5.75 Å². The lowest BCUT2D eigenvalue weighted by molar-refractivity contribution is -0.136. The molecule has 0 radical (unpaired) electrons. The molecule has 6 aromatic rings. The first-order valence-electron chi connectivity index (χ1n) is 22.6. The van der Waals surface area contributed by atoms with Gasteiger partial charge in [0, 0.05) is 37.1 Å². The van der Waals surface area contributed by atoms with Crippen LogP contribution in [0.15, 0.2) is 79.0 Å². The Hall–Kier alpha value is -6.94. The van der Waals surface area contributed by atoms with E-state index >= 15 is 0 Å². The summed E-state index contributed by atoms with van der Waals surface area (Å²) in [6, 6.07) is 21.4. The van der Waals surface area contributed by atoms with Crippen molar-refractivity contribution >= 4 is 45.8 Å². The Bertz CT molecular complexity index is 2790. The fraction of sp³-hybridized carbons (Fsp3) is 0.400. The third kappa shape index (κ3) is 8.41. The largest absolute Gasteiger partial charge is 0.488 e. The van der Waals surface area contributed by atoms with Crippen LogP contribution in [0.25, 0.3) is 44.2 Å². The molecule has 2 saturated heterocycles. The number of methoxy groups -OCH3 is 3. The molecule has 0 aliphatic carbocycles. The molecule has 16 nitrogen and oxygen atoms in total. The van der Waals surface area contributed by atoms with E-state index in [-0.39, 0.29) is 35.6 Å². The maximum atomic E-state index is 14.4. The maximum Gasteiger partial charge on any atom is 0.407 e. The standard InChI is InChI=1S/C50H56N8O8/c1-7-28(3)42(55-49(61)64-5)47(59)57-23-27(2)17-39(57)45-51-22-38(53-45)32-13-15-34-33(19-32)26-66-41-21-35-31(20-36(34)41)14-16-37-44(35)54-46(52-37)40-18-29(25-63-4)24-58(40)48(60)43(56-50(62)65-6)30-11-9-8-10-12-30/h8-16,19-22,27-29,39-40,42-43H,7,17-18,23-26H2,1-6H3,(H,51,53)(H,52,54)(H,55,61)(H,56,62)/t27-,28-,29?,39?,40-,42?,43+/m0/s1. The molecule has 344 valence electrons. The van der Waals surface area contributed by atoms with E-state index in [0.717, 1.165) is 61.9 Å². The highest BCUT2D eigenvalue weighted by Crippen LogP contribution is 2.44. The van der Waals surface area contributed by atoms with Gasteiger partial charge in [-0.3, -0.25) is 9.59 Å². The number of hydrogen-bond donors (Lipinski definition) is 4. The Labute approximate surface area is 382 Å². The molecule has 3 aliphatic rings. The van der Waals surface area contributed by atoms with E-state index < -0.39 is 30.3 Å². The molecule has 7 atom stereocenters. The van der Waals surface area contributed by atoms with Gasteiger partial charge in [-0.1, -0.05) is 75.7 Å². The molecule has 0 spiro atoms. The molecule has 4 N–H and O–H groups in total. The van der Waals surface area contributed by atoms with E-state index in [4.69, 9.17) is 28.9 Å². The Morgan fingerprint density at radius 3 is 2.36 bits per heavy atom. The van der Waals surface area contributed by atoms with Gasteiger partial charge in [-0.05, 0) is 76.6 Å². The number of H-pyrrole nitrogens is 2. The van der Waals surface area contributed by atoms with Crippen molar-refractivity contribution in [1.82, 2.24) is 40.4 Å². The number of fused-ring (bicyclic) bond motifs is 6. The highest BCUT2D eigenvalue weighted by molar-refractivity contribution is 6.07. The summed E-state index contributed by atoms with van der Waals surface area (Å²) in [5, 5.41) is 7.43. The maximum absolute atomic E-state index is 14.4. The zero-order valence-corrected chi connectivity index (χ0v) is 38.1. The van der Waals surface area contributed by atoms with E-state index in [0.29, 0.717) is 56.4 Å². The van der Waals surface area contributed by atoms with E-state index in [1.54, 1.807) is 12.0 Å². The van der Waals surface area contributed by atoms with E-state index in [1.807, 2.05) is 61.3 Å². The average Bonchev–Trinajstić information content (AvgIpc) is 4.17. The lowest BCUT2D eigenvalue weighted by atomic mass is 9.92. The molecular weight excluding hydrogens is 841 g/mol. The summed E-state index contributed by atoms with van der Waals surface area (Å²) in [7, 11) is 4.23. The first-order chi connectivity index (χ1) is 32.0. The van der Waals surface area contributed by atoms with Gasteiger partial charge in [0.15, 0.2) is 0 Å². The Morgan fingerprint density at radius 2 is 1.61 bits per heavy atom. The highest BCUT2D eigenvalue weighted by atomic mass is 16.5. The van der Waals surface area contributed by atoms with Crippen molar-refractivity contribution in [1.29, 1.82) is 0 Å². The topological polar surface area (TPSA) is 193 Å². The number of amides is 4. The van der Waals surface area contributed by atoms with Gasteiger partial charge in [0.25, 0.3) is 5.91 Å². The Kier molecular flexibility index (Phi) is 12.4. The number of aromatic nitrogens is 4. The molecule has 2 fully saturated rings. The molecule has 0 saturated carbocycles. The molecule has 9 rings (SSSR count). The number of carbonyl (C=O) groups is 4. The van der Waals surface area contributed by atoms with Gasteiger partial charge in [-0.25, -0.2) is 19.6 Å². The minimum Gasteiger partial charge on any atom is -0.488 e. The van der Waals surface area contributed by atoms with Crippen LogP contribution in [-0.2, 0) is 30.4 Å². The average molecular weight is 897 g/mol. The molecule has 16 heteroatoms. The van der Waals surface area contributed by atoms with Crippen molar-refractivity contribution in [3.05, 3.63) is 102 Å². The van der Waals surface area contributed by atoms with Crippen LogP contribution >= 0.6 is 0 Å². The van der Waals surface area contributed by atoms with Crippen molar-refractivity contribution in [2.75, 3.05) is 41.0 Å². The summed E-state index contributed by atoms with van der Waals surface area (Å²) in [6.07, 6.45) is 2.58. The van der Waals surface area contributed by atoms with Crippen molar-refractivity contribution in [2.45, 2.75) is 70.8 Å². The predicted octanol–water partition coefficient (Wildman–Crippen LogP) is 7.98. The zero-order chi connectivity index (χ0) is 46.2. The van der Waals surface area contributed by atoms with Crippen LogP contribution in [0.3, 0.4) is 0 Å². The minimum atomic E-state index is -0.956. The monoisotopic (exact) mass is 896 g/mol. The smallest absolute Gasteiger partial charge is 0.407 e. The summed E-state index contributed by atoms with van der Waals surface area (Å²) >= 11 is 0. The van der Waals surface area contributed by atoms with Gasteiger partial charge >= 0.3 is 12.2 Å². The Balaban J connectivity index is 0.979. The van der Waals surface area contributed by atoms with Crippen LogP contribution in [0, 0.1) is 17.8 Å². The number of ether oxygens (including phenoxy) is 4. The molecule has 4 amide bonds. The molecule has 0 bridgehead atoms. The van der Waals surface area contributed by atoms with E-state index in [9.17, 15) is 19.2 Å². The molecule has 3 unspecified atom stereocenters. The van der Waals surface area contributed by atoms with Gasteiger partial charge < -0.3 is 49.3 Å². The second-order valence-electron chi connectivity index (χ2n) is 17.9. The van der Waals surface area contributed by atoms with Crippen LogP contribution in [0.1, 0.15) is 80.9 Å². The van der Waals surface area contributed by atoms with E-state index in [1.165, 1.54) is 14.2 Å². The van der Waals surface area contributed by atoms with Crippen LogP contribution in [-0.4, -0.2) is 101 Å². The second-order valence-corrected chi connectivity index (χ2v) is 17.9. The number of imidazole rings is 2. The fourth-order valence-electron chi connectivity index (χ4n) is 9.94. The highest BCUT2D eigenvalue weighted by Gasteiger charge is 2.43. The van der Waals surface area contributed by atoms with Crippen molar-refractivity contribution < 1.29 is 38.1 Å². The molecule has 5 heterocycles. The van der Waals surface area contributed by atoms with Gasteiger partial charge in [0.1, 0.15) is 36.1 Å². The van der Waals surface area contributed by atoms with Crippen LogP contribution < -0.4 is 15.4 Å². The lowest BCUT2D eigenvalue weighted by Gasteiger charge is -2.30. The second kappa shape index (κ2) is 18.5. The number of nitrogens with one attached hydrogen (secondary N) is 4. The molecule has 2 aromatic heterocycles. The van der Waals surface area contributed by atoms with Crippen LogP contribution in [0.2, 0.25) is 0 Å². The molecule has 4 aromatic carbocycles. The number of benzene rings is 4. The van der Waals surface area contributed by atoms with Gasteiger partial charge in [0.05, 0.1) is 55.8 Å². The number of aromatic amines is 2. The van der Waals surface area contributed by atoms with Gasteiger partial charge in [-0.2, -0.15) is 0 Å². The first kappa shape index (κ1) is 44.3. The van der Waals surface area contributed by atoms with Gasteiger partial charge in [0.2, 0.25) is 5.91 Å². The fourth-order valence-corrected chi connectivity index (χ4v) is 9.94. The molecule has 3 aliphatic heterocycles. The first-order valence-corrected chi connectivity index (χ1v) is 22.6. The summed E-state index contributed by atoms with van der Waals surface area (Å²) in [6.45, 7) is 7.91. The van der Waals surface area contributed by atoms with Gasteiger partial charge in [-0.15, -0.1) is 0 Å².